The van der Waals surface area contributed by atoms with Crippen LogP contribution < -0.4 is 4.74 Å². The van der Waals surface area contributed by atoms with E-state index in [1.807, 2.05) is 17.0 Å². The van der Waals surface area contributed by atoms with Gasteiger partial charge >= 0.3 is 5.97 Å². The van der Waals surface area contributed by atoms with Crippen molar-refractivity contribution in [3.8, 4) is 5.75 Å². The predicted octanol–water partition coefficient (Wildman–Crippen LogP) is 1.32. The van der Waals surface area contributed by atoms with Gasteiger partial charge in [0, 0.05) is 51.9 Å². The van der Waals surface area contributed by atoms with Crippen LogP contribution >= 0.6 is 0 Å². The first kappa shape index (κ1) is 18.9. The number of methoxy groups -OCH3 is 1. The molecule has 27 heavy (non-hydrogen) atoms. The minimum absolute atomic E-state index is 0.0754. The number of carbonyl (C=O) groups is 2. The summed E-state index contributed by atoms with van der Waals surface area (Å²) in [5.41, 5.74) is 1.36. The third kappa shape index (κ3) is 5.07. The number of aryl methyl sites for hydroxylation is 1. The number of carboxylic acids is 1. The van der Waals surface area contributed by atoms with Crippen LogP contribution in [0, 0.1) is 0 Å². The zero-order valence-corrected chi connectivity index (χ0v) is 15.4. The summed E-state index contributed by atoms with van der Waals surface area (Å²) in [7, 11) is 1.66. The van der Waals surface area contributed by atoms with E-state index in [2.05, 4.69) is 22.1 Å². The SMILES string of the molecule is COc1ccc(CN2CCN(C(=O)CCn3cc(C(=O)O)cn3)CC2)cc1. The molecule has 1 aromatic carbocycles. The Balaban J connectivity index is 1.42. The molecule has 144 valence electrons. The number of hydrogen-bond donors (Lipinski definition) is 1. The first-order valence-electron chi connectivity index (χ1n) is 8.94. The van der Waals surface area contributed by atoms with Gasteiger partial charge in [-0.1, -0.05) is 12.1 Å². The molecule has 0 bridgehead atoms. The van der Waals surface area contributed by atoms with Crippen LogP contribution in [0.25, 0.3) is 0 Å². The lowest BCUT2D eigenvalue weighted by Gasteiger charge is -2.34. The number of aromatic carboxylic acids is 1. The molecule has 1 saturated heterocycles. The van der Waals surface area contributed by atoms with Crippen molar-refractivity contribution < 1.29 is 19.4 Å². The highest BCUT2D eigenvalue weighted by molar-refractivity contribution is 5.86. The summed E-state index contributed by atoms with van der Waals surface area (Å²) in [5.74, 6) is -0.0890. The van der Waals surface area contributed by atoms with E-state index in [1.165, 1.54) is 22.6 Å². The van der Waals surface area contributed by atoms with E-state index in [1.54, 1.807) is 7.11 Å². The van der Waals surface area contributed by atoms with Gasteiger partial charge in [-0.15, -0.1) is 0 Å². The van der Waals surface area contributed by atoms with Crippen molar-refractivity contribution >= 4 is 11.9 Å². The molecule has 0 unspecified atom stereocenters. The number of carbonyl (C=O) groups excluding carboxylic acids is 1. The lowest BCUT2D eigenvalue weighted by atomic mass is 10.2. The molecule has 1 aliphatic rings. The van der Waals surface area contributed by atoms with Gasteiger partial charge in [0.1, 0.15) is 5.75 Å². The number of rotatable bonds is 7. The Bertz CT molecular complexity index is 779. The highest BCUT2D eigenvalue weighted by atomic mass is 16.5. The van der Waals surface area contributed by atoms with Gasteiger partial charge in [0.05, 0.1) is 18.9 Å². The van der Waals surface area contributed by atoms with Crippen molar-refractivity contribution in [1.82, 2.24) is 19.6 Å². The molecule has 1 fully saturated rings. The fraction of sp³-hybridized carbons (Fsp3) is 0.421. The Morgan fingerprint density at radius 2 is 1.85 bits per heavy atom. The number of aromatic nitrogens is 2. The average Bonchev–Trinajstić information content (AvgIpc) is 3.17. The van der Waals surface area contributed by atoms with Gasteiger partial charge < -0.3 is 14.7 Å². The summed E-state index contributed by atoms with van der Waals surface area (Å²) in [5, 5.41) is 12.9. The average molecular weight is 372 g/mol. The number of benzene rings is 1. The monoisotopic (exact) mass is 372 g/mol. The Kier molecular flexibility index (Phi) is 6.08. The Morgan fingerprint density at radius 3 is 2.44 bits per heavy atom. The number of piperazine rings is 1. The lowest BCUT2D eigenvalue weighted by molar-refractivity contribution is -0.133. The fourth-order valence-corrected chi connectivity index (χ4v) is 3.11. The molecule has 1 aliphatic heterocycles. The molecule has 0 radical (unpaired) electrons. The summed E-state index contributed by atoms with van der Waals surface area (Å²) >= 11 is 0. The van der Waals surface area contributed by atoms with Crippen LogP contribution in [0.1, 0.15) is 22.3 Å². The molecule has 0 atom stereocenters. The van der Waals surface area contributed by atoms with Crippen molar-refractivity contribution in [2.24, 2.45) is 0 Å². The smallest absolute Gasteiger partial charge is 0.338 e. The number of ether oxygens (including phenoxy) is 1. The van der Waals surface area contributed by atoms with Gasteiger partial charge in [0.2, 0.25) is 5.91 Å². The minimum atomic E-state index is -1.01. The number of hydrogen-bond acceptors (Lipinski definition) is 5. The van der Waals surface area contributed by atoms with Crippen molar-refractivity contribution in [3.05, 3.63) is 47.8 Å². The van der Waals surface area contributed by atoms with Crippen LogP contribution in [0.4, 0.5) is 0 Å². The van der Waals surface area contributed by atoms with E-state index in [9.17, 15) is 9.59 Å². The van der Waals surface area contributed by atoms with E-state index in [0.29, 0.717) is 26.1 Å². The van der Waals surface area contributed by atoms with Gasteiger partial charge in [0.25, 0.3) is 0 Å². The summed E-state index contributed by atoms with van der Waals surface area (Å²) in [6.07, 6.45) is 3.06. The molecule has 2 heterocycles. The second-order valence-electron chi connectivity index (χ2n) is 6.55. The molecule has 3 rings (SSSR count). The molecule has 8 nitrogen and oxygen atoms in total. The highest BCUT2D eigenvalue weighted by Crippen LogP contribution is 2.14. The van der Waals surface area contributed by atoms with Crippen molar-refractivity contribution in [2.45, 2.75) is 19.5 Å². The van der Waals surface area contributed by atoms with Gasteiger partial charge in [-0.05, 0) is 17.7 Å². The molecular weight excluding hydrogens is 348 g/mol. The quantitative estimate of drug-likeness (QED) is 0.789. The second-order valence-corrected chi connectivity index (χ2v) is 6.55. The second kappa shape index (κ2) is 8.68. The predicted molar refractivity (Wildman–Crippen MR) is 98.7 cm³/mol. The zero-order valence-electron chi connectivity index (χ0n) is 15.4. The maximum Gasteiger partial charge on any atom is 0.338 e. The number of amides is 1. The summed E-state index contributed by atoms with van der Waals surface area (Å²) in [4.78, 5) is 27.4. The van der Waals surface area contributed by atoms with Crippen LogP contribution in [0.2, 0.25) is 0 Å². The maximum atomic E-state index is 12.4. The standard InChI is InChI=1S/C19H24N4O4/c1-27-17-4-2-15(3-5-17)13-21-8-10-22(11-9-21)18(24)6-7-23-14-16(12-20-23)19(25)26/h2-5,12,14H,6-11,13H2,1H3,(H,25,26). The van der Waals surface area contributed by atoms with Crippen LogP contribution in [0.3, 0.4) is 0 Å². The van der Waals surface area contributed by atoms with Crippen LogP contribution in [0.15, 0.2) is 36.7 Å². The van der Waals surface area contributed by atoms with Gasteiger partial charge in [0.15, 0.2) is 0 Å². The lowest BCUT2D eigenvalue weighted by Crippen LogP contribution is -2.48. The Labute approximate surface area is 157 Å². The Morgan fingerprint density at radius 1 is 1.15 bits per heavy atom. The van der Waals surface area contributed by atoms with Gasteiger partial charge in [-0.3, -0.25) is 14.4 Å². The molecule has 1 aromatic heterocycles. The topological polar surface area (TPSA) is 87.9 Å². The number of carboxylic acid groups (broad SMARTS) is 1. The fourth-order valence-electron chi connectivity index (χ4n) is 3.11. The van der Waals surface area contributed by atoms with E-state index < -0.39 is 5.97 Å². The molecule has 8 heteroatoms. The summed E-state index contributed by atoms with van der Waals surface area (Å²) in [6.45, 7) is 4.32. The largest absolute Gasteiger partial charge is 0.497 e. The van der Waals surface area contributed by atoms with Crippen molar-refractivity contribution in [2.75, 3.05) is 33.3 Å². The van der Waals surface area contributed by atoms with Gasteiger partial charge in [-0.25, -0.2) is 4.79 Å². The normalized spacial score (nSPS) is 14.9. The van der Waals surface area contributed by atoms with Crippen LogP contribution in [-0.4, -0.2) is 69.9 Å². The number of nitrogens with zero attached hydrogens (tertiary/aromatic N) is 4. The van der Waals surface area contributed by atoms with Crippen molar-refractivity contribution in [1.29, 1.82) is 0 Å². The third-order valence-electron chi connectivity index (χ3n) is 4.73. The van der Waals surface area contributed by atoms with E-state index in [0.717, 1.165) is 25.4 Å². The van der Waals surface area contributed by atoms with Gasteiger partial charge in [-0.2, -0.15) is 5.10 Å². The van der Waals surface area contributed by atoms with E-state index >= 15 is 0 Å². The minimum Gasteiger partial charge on any atom is -0.497 e. The van der Waals surface area contributed by atoms with E-state index in [-0.39, 0.29) is 11.5 Å². The maximum absolute atomic E-state index is 12.4. The molecule has 1 N–H and O–H groups in total. The molecule has 1 amide bonds. The van der Waals surface area contributed by atoms with Crippen LogP contribution in [0.5, 0.6) is 5.75 Å². The molecule has 0 spiro atoms. The Hall–Kier alpha value is -2.87. The third-order valence-corrected chi connectivity index (χ3v) is 4.73. The van der Waals surface area contributed by atoms with Crippen molar-refractivity contribution in [3.63, 3.8) is 0 Å². The molecular formula is C19H24N4O4. The summed E-state index contributed by atoms with van der Waals surface area (Å²) < 4.78 is 6.68. The molecule has 0 saturated carbocycles. The summed E-state index contributed by atoms with van der Waals surface area (Å²) in [6, 6.07) is 8.04. The molecule has 0 aliphatic carbocycles. The first-order chi connectivity index (χ1) is 13.0. The zero-order chi connectivity index (χ0) is 19.2. The first-order valence-corrected chi connectivity index (χ1v) is 8.94. The highest BCUT2D eigenvalue weighted by Gasteiger charge is 2.21. The molecule has 2 aromatic rings. The van der Waals surface area contributed by atoms with E-state index in [4.69, 9.17) is 9.84 Å². The van der Waals surface area contributed by atoms with Crippen LogP contribution in [-0.2, 0) is 17.9 Å².